The number of esters is 1. The average Bonchev–Trinajstić information content (AvgIpc) is 3.44. The third-order valence-electron chi connectivity index (χ3n) is 6.37. The summed E-state index contributed by atoms with van der Waals surface area (Å²) in [5.41, 5.74) is 2.14. The van der Waals surface area contributed by atoms with Crippen LogP contribution in [-0.2, 0) is 19.2 Å². The second kappa shape index (κ2) is 8.95. The molecule has 2 aromatic carbocycles. The van der Waals surface area contributed by atoms with E-state index in [0.29, 0.717) is 26.9 Å². The molecular weight excluding hydrogens is 511 g/mol. The summed E-state index contributed by atoms with van der Waals surface area (Å²) in [6.07, 6.45) is -1.09. The molecule has 2 saturated heterocycles. The summed E-state index contributed by atoms with van der Waals surface area (Å²) in [5.74, 6) is -2.51. The Morgan fingerprint density at radius 2 is 1.77 bits per heavy atom. The number of imide groups is 1. The average molecular weight is 531 g/mol. The fourth-order valence-electron chi connectivity index (χ4n) is 4.58. The molecule has 2 aliphatic rings. The van der Waals surface area contributed by atoms with E-state index in [1.54, 1.807) is 30.2 Å². The number of hydroxylamine groups is 1. The second-order valence-electron chi connectivity index (χ2n) is 8.29. The van der Waals surface area contributed by atoms with Crippen molar-refractivity contribution in [3.8, 4) is 0 Å². The number of para-hydroxylation sites is 1. The number of thiophene rings is 1. The van der Waals surface area contributed by atoms with E-state index < -0.39 is 35.8 Å². The van der Waals surface area contributed by atoms with Gasteiger partial charge >= 0.3 is 5.97 Å². The molecule has 7 nitrogen and oxygen atoms in total. The predicted octanol–water partition coefficient (Wildman–Crippen LogP) is 5.51. The van der Waals surface area contributed by atoms with Gasteiger partial charge in [-0.1, -0.05) is 47.5 Å². The number of carbonyl (C=O) groups is 3. The van der Waals surface area contributed by atoms with Crippen LogP contribution in [0.2, 0.25) is 10.0 Å². The van der Waals surface area contributed by atoms with Crippen LogP contribution >= 0.6 is 34.5 Å². The number of aryl methyl sites for hydroxylation is 1. The Hall–Kier alpha value is -2.91. The van der Waals surface area contributed by atoms with E-state index in [4.69, 9.17) is 32.8 Å². The van der Waals surface area contributed by atoms with Gasteiger partial charge in [-0.15, -0.1) is 11.3 Å². The number of hydrogen-bond acceptors (Lipinski definition) is 7. The first-order chi connectivity index (χ1) is 16.7. The third kappa shape index (κ3) is 3.72. The molecule has 2 fully saturated rings. The minimum Gasteiger partial charge on any atom is -0.465 e. The first kappa shape index (κ1) is 23.8. The Kier molecular flexibility index (Phi) is 6.09. The van der Waals surface area contributed by atoms with Gasteiger partial charge in [0.1, 0.15) is 10.9 Å². The lowest BCUT2D eigenvalue weighted by molar-refractivity contribution is -0.126. The number of rotatable bonds is 4. The van der Waals surface area contributed by atoms with Crippen LogP contribution in [0.3, 0.4) is 0 Å². The number of amides is 2. The number of nitrogens with zero attached hydrogens (tertiary/aromatic N) is 2. The van der Waals surface area contributed by atoms with Crippen LogP contribution in [-0.4, -0.2) is 31.0 Å². The maximum absolute atomic E-state index is 13.9. The Labute approximate surface area is 215 Å². The number of fused-ring (bicyclic) bond motifs is 1. The van der Waals surface area contributed by atoms with Crippen LogP contribution in [0.4, 0.5) is 10.7 Å². The van der Waals surface area contributed by atoms with Crippen molar-refractivity contribution >= 4 is 63.0 Å². The topological polar surface area (TPSA) is 76.2 Å². The molecule has 35 heavy (non-hydrogen) atoms. The van der Waals surface area contributed by atoms with Crippen molar-refractivity contribution in [1.82, 2.24) is 0 Å². The van der Waals surface area contributed by atoms with Crippen LogP contribution in [0.1, 0.15) is 32.4 Å². The lowest BCUT2D eigenvalue weighted by atomic mass is 9.90. The Bertz CT molecular complexity index is 1360. The van der Waals surface area contributed by atoms with Gasteiger partial charge in [0.05, 0.1) is 24.4 Å². The number of carbonyl (C=O) groups excluding carboxylic acids is 3. The van der Waals surface area contributed by atoms with Crippen molar-refractivity contribution in [1.29, 1.82) is 0 Å². The Morgan fingerprint density at radius 1 is 1.06 bits per heavy atom. The molecule has 0 N–H and O–H groups in total. The predicted molar refractivity (Wildman–Crippen MR) is 134 cm³/mol. The maximum atomic E-state index is 13.9. The summed E-state index contributed by atoms with van der Waals surface area (Å²) in [5, 5.41) is 2.60. The van der Waals surface area contributed by atoms with Crippen molar-refractivity contribution in [2.45, 2.75) is 26.0 Å². The highest BCUT2D eigenvalue weighted by Crippen LogP contribution is 2.50. The van der Waals surface area contributed by atoms with Gasteiger partial charge in [0, 0.05) is 14.9 Å². The van der Waals surface area contributed by atoms with E-state index in [9.17, 15) is 14.4 Å². The molecule has 0 saturated carbocycles. The quantitative estimate of drug-likeness (QED) is 0.327. The highest BCUT2D eigenvalue weighted by Gasteiger charge is 2.61. The van der Waals surface area contributed by atoms with Crippen LogP contribution in [0, 0.1) is 19.8 Å². The molecule has 0 bridgehead atoms. The van der Waals surface area contributed by atoms with E-state index in [2.05, 4.69) is 0 Å². The van der Waals surface area contributed by atoms with Crippen molar-refractivity contribution < 1.29 is 24.0 Å². The number of halogens is 2. The highest BCUT2D eigenvalue weighted by molar-refractivity contribution is 7.17. The molecule has 0 unspecified atom stereocenters. The van der Waals surface area contributed by atoms with Crippen molar-refractivity contribution in [3.63, 3.8) is 0 Å². The summed E-state index contributed by atoms with van der Waals surface area (Å²) in [6.45, 7) is 3.59. The van der Waals surface area contributed by atoms with Gasteiger partial charge in [0.25, 0.3) is 5.91 Å². The summed E-state index contributed by atoms with van der Waals surface area (Å²) >= 11 is 13.9. The van der Waals surface area contributed by atoms with Gasteiger partial charge in [-0.25, -0.2) is 14.8 Å². The molecule has 3 aromatic rings. The molecule has 2 aliphatic heterocycles. The summed E-state index contributed by atoms with van der Waals surface area (Å²) in [4.78, 5) is 48.1. The number of anilines is 2. The van der Waals surface area contributed by atoms with Crippen LogP contribution in [0.25, 0.3) is 0 Å². The molecule has 1 aromatic heterocycles. The molecule has 2 amide bonds. The minimum absolute atomic E-state index is 0.206. The fraction of sp³-hybridized carbons (Fsp3) is 0.240. The van der Waals surface area contributed by atoms with Crippen LogP contribution in [0.15, 0.2) is 48.5 Å². The van der Waals surface area contributed by atoms with E-state index in [1.165, 1.54) is 18.4 Å². The van der Waals surface area contributed by atoms with E-state index in [1.807, 2.05) is 37.3 Å². The summed E-state index contributed by atoms with van der Waals surface area (Å²) in [7, 11) is 1.26. The fourth-order valence-corrected chi connectivity index (χ4v) is 6.25. The molecule has 0 aliphatic carbocycles. The van der Waals surface area contributed by atoms with Gasteiger partial charge in [0.15, 0.2) is 6.10 Å². The molecule has 5 rings (SSSR count). The van der Waals surface area contributed by atoms with Gasteiger partial charge in [-0.2, -0.15) is 0 Å². The van der Waals surface area contributed by atoms with Crippen molar-refractivity contribution in [3.05, 3.63) is 80.1 Å². The van der Waals surface area contributed by atoms with Crippen LogP contribution in [0.5, 0.6) is 0 Å². The van der Waals surface area contributed by atoms with E-state index in [0.717, 1.165) is 9.78 Å². The number of ether oxygens (including phenoxy) is 1. The van der Waals surface area contributed by atoms with Crippen molar-refractivity contribution in [2.24, 2.45) is 5.92 Å². The molecule has 0 radical (unpaired) electrons. The summed E-state index contributed by atoms with van der Waals surface area (Å²) in [6, 6.07) is 13.5. The zero-order valence-corrected chi connectivity index (χ0v) is 21.3. The molecule has 3 atom stereocenters. The van der Waals surface area contributed by atoms with Crippen LogP contribution < -0.4 is 9.96 Å². The maximum Gasteiger partial charge on any atom is 0.341 e. The van der Waals surface area contributed by atoms with Gasteiger partial charge in [0.2, 0.25) is 5.91 Å². The first-order valence-corrected chi connectivity index (χ1v) is 12.3. The van der Waals surface area contributed by atoms with Gasteiger partial charge in [-0.05, 0) is 49.2 Å². The van der Waals surface area contributed by atoms with Gasteiger partial charge in [-0.3, -0.25) is 14.4 Å². The summed E-state index contributed by atoms with van der Waals surface area (Å²) < 4.78 is 4.94. The van der Waals surface area contributed by atoms with E-state index >= 15 is 0 Å². The third-order valence-corrected chi connectivity index (χ3v) is 8.12. The Balaban J connectivity index is 1.63. The SMILES string of the molecule is COC(=O)c1c(N2C(=O)[C@@H]3[C@@H](ON(c4ccccc4)[C@H]3c3ccc(Cl)cc3Cl)C2=O)sc(C)c1C. The molecule has 3 heterocycles. The molecule has 0 spiro atoms. The molecule has 180 valence electrons. The van der Waals surface area contributed by atoms with Gasteiger partial charge < -0.3 is 4.74 Å². The molecule has 10 heteroatoms. The zero-order chi connectivity index (χ0) is 25.0. The molecular formula is C25H20Cl2N2O5S. The monoisotopic (exact) mass is 530 g/mol. The minimum atomic E-state index is -1.09. The van der Waals surface area contributed by atoms with Crippen molar-refractivity contribution in [2.75, 3.05) is 17.1 Å². The Morgan fingerprint density at radius 3 is 2.43 bits per heavy atom. The first-order valence-electron chi connectivity index (χ1n) is 10.8. The normalized spacial score (nSPS) is 21.6. The lowest BCUT2D eigenvalue weighted by Gasteiger charge is -2.29. The van der Waals surface area contributed by atoms with E-state index in [-0.39, 0.29) is 10.6 Å². The highest BCUT2D eigenvalue weighted by atomic mass is 35.5. The number of methoxy groups -OCH3 is 1. The lowest BCUT2D eigenvalue weighted by Crippen LogP contribution is -2.37. The second-order valence-corrected chi connectivity index (χ2v) is 10.3. The zero-order valence-electron chi connectivity index (χ0n) is 19.0. The largest absolute Gasteiger partial charge is 0.465 e. The standard InChI is InChI=1S/C25H20Cl2N2O5S/c1-12-13(2)35-24(18(12)25(32)33-3)28-22(30)19-20(16-10-9-14(26)11-17(16)27)29(34-21(19)23(28)31)15-7-5-4-6-8-15/h4-11,19-21H,1-3H3/t19-,20-,21+/m0/s1. The smallest absolute Gasteiger partial charge is 0.341 e. The number of hydrogen-bond donors (Lipinski definition) is 0. The number of benzene rings is 2.